The van der Waals surface area contributed by atoms with Crippen molar-refractivity contribution in [2.45, 2.75) is 44.7 Å². The van der Waals surface area contributed by atoms with Crippen LogP contribution in [0.3, 0.4) is 0 Å². The third-order valence-electron chi connectivity index (χ3n) is 4.61. The maximum absolute atomic E-state index is 4.92. The lowest BCUT2D eigenvalue weighted by molar-refractivity contribution is 0.723. The van der Waals surface area contributed by atoms with Gasteiger partial charge in [-0.15, -0.1) is 0 Å². The molecule has 20 heavy (non-hydrogen) atoms. The molecular weight excluding hydrogens is 246 g/mol. The molecule has 0 radical (unpaired) electrons. The van der Waals surface area contributed by atoms with Gasteiger partial charge in [0.05, 0.1) is 11.1 Å². The van der Waals surface area contributed by atoms with Crippen molar-refractivity contribution in [1.29, 1.82) is 0 Å². The van der Waals surface area contributed by atoms with E-state index in [-0.39, 0.29) is 5.41 Å². The van der Waals surface area contributed by atoms with Crippen molar-refractivity contribution >= 4 is 0 Å². The van der Waals surface area contributed by atoms with Crippen LogP contribution in [0.1, 0.15) is 48.1 Å². The minimum absolute atomic E-state index is 0.0861. The van der Waals surface area contributed by atoms with Gasteiger partial charge >= 0.3 is 0 Å². The second kappa shape index (κ2) is 4.38. The van der Waals surface area contributed by atoms with E-state index in [0.717, 1.165) is 25.3 Å². The molecule has 4 rings (SSSR count). The predicted molar refractivity (Wildman–Crippen MR) is 78.4 cm³/mol. The van der Waals surface area contributed by atoms with Crippen molar-refractivity contribution in [3.05, 3.63) is 58.7 Å². The van der Waals surface area contributed by atoms with Gasteiger partial charge in [-0.2, -0.15) is 0 Å². The number of benzene rings is 1. The molecule has 0 bridgehead atoms. The van der Waals surface area contributed by atoms with Crippen LogP contribution in [0, 0.1) is 0 Å². The van der Waals surface area contributed by atoms with Crippen LogP contribution in [-0.4, -0.2) is 9.97 Å². The lowest BCUT2D eigenvalue weighted by atomic mass is 9.94. The van der Waals surface area contributed by atoms with Crippen LogP contribution >= 0.6 is 0 Å². The molecule has 0 atom stereocenters. The SMILES string of the molecule is CCc1nc(C2(c3ccccc3)CC2)nc2c1CNC2. The van der Waals surface area contributed by atoms with Gasteiger partial charge in [-0.3, -0.25) is 0 Å². The molecule has 102 valence electrons. The minimum atomic E-state index is 0.0861. The Morgan fingerprint density at radius 1 is 1.10 bits per heavy atom. The highest BCUT2D eigenvalue weighted by atomic mass is 15.0. The van der Waals surface area contributed by atoms with Crippen LogP contribution < -0.4 is 5.32 Å². The third-order valence-corrected chi connectivity index (χ3v) is 4.61. The summed E-state index contributed by atoms with van der Waals surface area (Å²) >= 11 is 0. The van der Waals surface area contributed by atoms with Crippen molar-refractivity contribution in [3.63, 3.8) is 0 Å². The smallest absolute Gasteiger partial charge is 0.139 e. The highest BCUT2D eigenvalue weighted by Gasteiger charge is 2.49. The molecule has 1 aliphatic carbocycles. The second-order valence-corrected chi connectivity index (χ2v) is 5.82. The van der Waals surface area contributed by atoms with Gasteiger partial charge in [0.25, 0.3) is 0 Å². The molecule has 1 N–H and O–H groups in total. The molecule has 0 unspecified atom stereocenters. The van der Waals surface area contributed by atoms with Crippen LogP contribution in [0.2, 0.25) is 0 Å². The predicted octanol–water partition coefficient (Wildman–Crippen LogP) is 2.72. The second-order valence-electron chi connectivity index (χ2n) is 5.82. The van der Waals surface area contributed by atoms with Crippen LogP contribution in [-0.2, 0) is 24.9 Å². The standard InChI is InChI=1S/C17H19N3/c1-2-14-13-10-18-11-15(13)20-16(19-14)17(8-9-17)12-6-4-3-5-7-12/h3-7,18H,2,8-11H2,1H3. The van der Waals surface area contributed by atoms with Gasteiger partial charge in [-0.05, 0) is 24.8 Å². The fourth-order valence-corrected chi connectivity index (χ4v) is 3.27. The first kappa shape index (κ1) is 12.0. The Morgan fingerprint density at radius 3 is 2.60 bits per heavy atom. The fraction of sp³-hybridized carbons (Fsp3) is 0.412. The zero-order valence-corrected chi connectivity index (χ0v) is 11.8. The largest absolute Gasteiger partial charge is 0.307 e. The Morgan fingerprint density at radius 2 is 1.90 bits per heavy atom. The fourth-order valence-electron chi connectivity index (χ4n) is 3.27. The van der Waals surface area contributed by atoms with Gasteiger partial charge in [0.1, 0.15) is 5.82 Å². The van der Waals surface area contributed by atoms with E-state index in [1.807, 2.05) is 0 Å². The van der Waals surface area contributed by atoms with Gasteiger partial charge in [-0.25, -0.2) is 9.97 Å². The molecule has 1 aliphatic heterocycles. The number of fused-ring (bicyclic) bond motifs is 1. The summed E-state index contributed by atoms with van der Waals surface area (Å²) in [6.45, 7) is 4.01. The van der Waals surface area contributed by atoms with Crippen molar-refractivity contribution in [1.82, 2.24) is 15.3 Å². The van der Waals surface area contributed by atoms with Gasteiger partial charge in [0, 0.05) is 24.3 Å². The zero-order chi connectivity index (χ0) is 13.6. The summed E-state index contributed by atoms with van der Waals surface area (Å²) in [7, 11) is 0. The van der Waals surface area contributed by atoms with Crippen molar-refractivity contribution in [3.8, 4) is 0 Å². The van der Waals surface area contributed by atoms with Crippen molar-refractivity contribution in [2.24, 2.45) is 0 Å². The van der Waals surface area contributed by atoms with Crippen LogP contribution in [0.5, 0.6) is 0 Å². The first-order chi connectivity index (χ1) is 9.83. The van der Waals surface area contributed by atoms with E-state index in [0.29, 0.717) is 0 Å². The molecule has 1 saturated carbocycles. The summed E-state index contributed by atoms with van der Waals surface area (Å²) in [5, 5.41) is 3.40. The van der Waals surface area contributed by atoms with E-state index in [9.17, 15) is 0 Å². The maximum Gasteiger partial charge on any atom is 0.139 e. The van der Waals surface area contributed by atoms with Gasteiger partial charge in [-0.1, -0.05) is 37.3 Å². The van der Waals surface area contributed by atoms with Gasteiger partial charge in [0.15, 0.2) is 0 Å². The average molecular weight is 265 g/mol. The number of hydrogen-bond acceptors (Lipinski definition) is 3. The Bertz CT molecular complexity index is 645. The quantitative estimate of drug-likeness (QED) is 0.927. The molecule has 0 amide bonds. The highest BCUT2D eigenvalue weighted by molar-refractivity contribution is 5.41. The Kier molecular flexibility index (Phi) is 2.64. The van der Waals surface area contributed by atoms with E-state index in [2.05, 4.69) is 42.6 Å². The molecule has 2 heterocycles. The number of nitrogens with one attached hydrogen (secondary N) is 1. The molecule has 3 nitrogen and oxygen atoms in total. The topological polar surface area (TPSA) is 37.8 Å². The van der Waals surface area contributed by atoms with E-state index in [1.165, 1.54) is 35.4 Å². The lowest BCUT2D eigenvalue weighted by Crippen LogP contribution is -2.16. The van der Waals surface area contributed by atoms with Gasteiger partial charge in [0.2, 0.25) is 0 Å². The molecule has 2 aliphatic rings. The normalized spacial score (nSPS) is 18.9. The molecule has 1 fully saturated rings. The Balaban J connectivity index is 1.84. The monoisotopic (exact) mass is 265 g/mol. The minimum Gasteiger partial charge on any atom is -0.307 e. The number of aromatic nitrogens is 2. The molecule has 1 aromatic heterocycles. The summed E-state index contributed by atoms with van der Waals surface area (Å²) in [6.07, 6.45) is 3.34. The number of hydrogen-bond donors (Lipinski definition) is 1. The first-order valence-corrected chi connectivity index (χ1v) is 7.49. The molecule has 0 spiro atoms. The van der Waals surface area contributed by atoms with Crippen LogP contribution in [0.4, 0.5) is 0 Å². The van der Waals surface area contributed by atoms with Crippen LogP contribution in [0.25, 0.3) is 0 Å². The number of rotatable bonds is 3. The molecule has 0 saturated heterocycles. The van der Waals surface area contributed by atoms with E-state index < -0.39 is 0 Å². The zero-order valence-electron chi connectivity index (χ0n) is 11.8. The first-order valence-electron chi connectivity index (χ1n) is 7.49. The Labute approximate surface area is 119 Å². The molecule has 2 aromatic rings. The summed E-state index contributed by atoms with van der Waals surface area (Å²) < 4.78 is 0. The summed E-state index contributed by atoms with van der Waals surface area (Å²) in [6, 6.07) is 10.7. The van der Waals surface area contributed by atoms with E-state index >= 15 is 0 Å². The molecule has 3 heteroatoms. The van der Waals surface area contributed by atoms with E-state index in [4.69, 9.17) is 9.97 Å². The van der Waals surface area contributed by atoms with E-state index in [1.54, 1.807) is 0 Å². The molecular formula is C17H19N3. The van der Waals surface area contributed by atoms with Gasteiger partial charge < -0.3 is 5.32 Å². The molecule has 1 aromatic carbocycles. The maximum atomic E-state index is 4.92. The van der Waals surface area contributed by atoms with Crippen LogP contribution in [0.15, 0.2) is 30.3 Å². The summed E-state index contributed by atoms with van der Waals surface area (Å²) in [5.74, 6) is 1.04. The highest BCUT2D eigenvalue weighted by Crippen LogP contribution is 2.52. The number of nitrogens with zero attached hydrogens (tertiary/aromatic N) is 2. The summed E-state index contributed by atoms with van der Waals surface area (Å²) in [5.41, 5.74) is 5.24. The lowest BCUT2D eigenvalue weighted by Gasteiger charge is -2.17. The van der Waals surface area contributed by atoms with Crippen molar-refractivity contribution < 1.29 is 0 Å². The average Bonchev–Trinajstić information content (AvgIpc) is 3.19. The van der Waals surface area contributed by atoms with Crippen molar-refractivity contribution in [2.75, 3.05) is 0 Å². The third kappa shape index (κ3) is 1.70. The summed E-state index contributed by atoms with van der Waals surface area (Å²) in [4.78, 5) is 9.82. The Hall–Kier alpha value is -1.74. The number of aryl methyl sites for hydroxylation is 1.